The number of benzene rings is 2. The van der Waals surface area contributed by atoms with E-state index < -0.39 is 5.91 Å². The molecule has 0 aliphatic carbocycles. The summed E-state index contributed by atoms with van der Waals surface area (Å²) >= 11 is 0. The zero-order chi connectivity index (χ0) is 16.9. The maximum atomic E-state index is 12.0. The Morgan fingerprint density at radius 1 is 1.00 bits per heavy atom. The van der Waals surface area contributed by atoms with Crippen LogP contribution < -0.4 is 20.5 Å². The highest BCUT2D eigenvalue weighted by Crippen LogP contribution is 2.31. The van der Waals surface area contributed by atoms with Crippen molar-refractivity contribution in [2.45, 2.75) is 12.8 Å². The van der Waals surface area contributed by atoms with E-state index in [1.54, 1.807) is 24.3 Å². The van der Waals surface area contributed by atoms with Crippen LogP contribution in [0.5, 0.6) is 11.5 Å². The minimum absolute atomic E-state index is 0.100. The van der Waals surface area contributed by atoms with Gasteiger partial charge in [-0.15, -0.1) is 0 Å². The molecule has 1 aliphatic heterocycles. The van der Waals surface area contributed by atoms with Crippen LogP contribution >= 0.6 is 0 Å². The maximum absolute atomic E-state index is 12.0. The molecule has 0 spiro atoms. The summed E-state index contributed by atoms with van der Waals surface area (Å²) < 4.78 is 11.0. The van der Waals surface area contributed by atoms with Crippen molar-refractivity contribution in [2.75, 3.05) is 18.5 Å². The molecule has 1 heterocycles. The van der Waals surface area contributed by atoms with Crippen LogP contribution in [0.2, 0.25) is 0 Å². The summed E-state index contributed by atoms with van der Waals surface area (Å²) in [7, 11) is 0. The molecule has 0 atom stereocenters. The number of fused-ring (bicyclic) bond motifs is 1. The van der Waals surface area contributed by atoms with Crippen LogP contribution in [0.4, 0.5) is 5.69 Å². The van der Waals surface area contributed by atoms with Crippen LogP contribution in [0.3, 0.4) is 0 Å². The number of aryl methyl sites for hydroxylation is 1. The molecule has 0 radical (unpaired) electrons. The summed E-state index contributed by atoms with van der Waals surface area (Å²) in [6, 6.07) is 12.2. The van der Waals surface area contributed by atoms with Gasteiger partial charge >= 0.3 is 0 Å². The first kappa shape index (κ1) is 15.9. The van der Waals surface area contributed by atoms with E-state index in [4.69, 9.17) is 15.2 Å². The van der Waals surface area contributed by atoms with Crippen molar-refractivity contribution in [1.29, 1.82) is 0 Å². The van der Waals surface area contributed by atoms with Crippen LogP contribution in [0, 0.1) is 0 Å². The fraction of sp³-hybridized carbons (Fsp3) is 0.222. The third-order valence-corrected chi connectivity index (χ3v) is 3.70. The molecule has 2 aromatic carbocycles. The van der Waals surface area contributed by atoms with Gasteiger partial charge < -0.3 is 20.5 Å². The van der Waals surface area contributed by atoms with Gasteiger partial charge in [-0.2, -0.15) is 0 Å². The highest BCUT2D eigenvalue weighted by atomic mass is 16.6. The van der Waals surface area contributed by atoms with E-state index in [2.05, 4.69) is 5.32 Å². The van der Waals surface area contributed by atoms with Crippen LogP contribution in [-0.4, -0.2) is 25.0 Å². The predicted octanol–water partition coefficient (Wildman–Crippen LogP) is 2.13. The number of carbonyl (C=O) groups excluding carboxylic acids is 2. The number of amides is 2. The molecule has 0 saturated heterocycles. The lowest BCUT2D eigenvalue weighted by Gasteiger charge is -2.18. The standard InChI is InChI=1S/C18H18N2O4/c19-18(22)13-3-5-14(6-4-13)20-17(21)8-2-12-1-7-15-16(11-12)24-10-9-23-15/h1,3-7,11H,2,8-10H2,(H2,19,22)(H,20,21). The number of hydrogen-bond donors (Lipinski definition) is 2. The second kappa shape index (κ2) is 7.04. The number of ether oxygens (including phenoxy) is 2. The van der Waals surface area contributed by atoms with Gasteiger partial charge in [-0.3, -0.25) is 9.59 Å². The van der Waals surface area contributed by atoms with E-state index >= 15 is 0 Å². The van der Waals surface area contributed by atoms with E-state index in [9.17, 15) is 9.59 Å². The normalized spacial score (nSPS) is 12.5. The zero-order valence-electron chi connectivity index (χ0n) is 13.1. The fourth-order valence-corrected chi connectivity index (χ4v) is 2.44. The summed E-state index contributed by atoms with van der Waals surface area (Å²) in [5.74, 6) is 0.869. The van der Waals surface area contributed by atoms with Crippen molar-refractivity contribution in [3.63, 3.8) is 0 Å². The quantitative estimate of drug-likeness (QED) is 0.880. The molecule has 6 nitrogen and oxygen atoms in total. The molecule has 2 amide bonds. The second-order valence-corrected chi connectivity index (χ2v) is 5.47. The number of primary amides is 1. The fourth-order valence-electron chi connectivity index (χ4n) is 2.44. The molecule has 0 saturated carbocycles. The smallest absolute Gasteiger partial charge is 0.248 e. The largest absolute Gasteiger partial charge is 0.486 e. The first-order valence-electron chi connectivity index (χ1n) is 7.70. The van der Waals surface area contributed by atoms with Crippen molar-refractivity contribution >= 4 is 17.5 Å². The van der Waals surface area contributed by atoms with Crippen molar-refractivity contribution in [2.24, 2.45) is 5.73 Å². The van der Waals surface area contributed by atoms with Crippen LogP contribution in [0.15, 0.2) is 42.5 Å². The SMILES string of the molecule is NC(=O)c1ccc(NC(=O)CCc2ccc3c(c2)OCCO3)cc1. The highest BCUT2D eigenvalue weighted by Gasteiger charge is 2.12. The number of nitrogens with two attached hydrogens (primary N) is 1. The van der Waals surface area contributed by atoms with Crippen molar-refractivity contribution in [3.05, 3.63) is 53.6 Å². The second-order valence-electron chi connectivity index (χ2n) is 5.47. The van der Waals surface area contributed by atoms with E-state index in [1.807, 2.05) is 18.2 Å². The van der Waals surface area contributed by atoms with Crippen LogP contribution in [-0.2, 0) is 11.2 Å². The topological polar surface area (TPSA) is 90.7 Å². The zero-order valence-corrected chi connectivity index (χ0v) is 13.1. The first-order valence-corrected chi connectivity index (χ1v) is 7.70. The van der Waals surface area contributed by atoms with Gasteiger partial charge in [0.15, 0.2) is 11.5 Å². The van der Waals surface area contributed by atoms with Crippen LogP contribution in [0.1, 0.15) is 22.3 Å². The van der Waals surface area contributed by atoms with Gasteiger partial charge in [-0.05, 0) is 48.4 Å². The van der Waals surface area contributed by atoms with Gasteiger partial charge in [0, 0.05) is 17.7 Å². The Labute approximate surface area is 139 Å². The molecular formula is C18H18N2O4. The molecule has 3 N–H and O–H groups in total. The van der Waals surface area contributed by atoms with Crippen molar-refractivity contribution in [3.8, 4) is 11.5 Å². The summed E-state index contributed by atoms with van der Waals surface area (Å²) in [6.45, 7) is 1.10. The lowest BCUT2D eigenvalue weighted by atomic mass is 10.1. The molecular weight excluding hydrogens is 308 g/mol. The van der Waals surface area contributed by atoms with Gasteiger partial charge in [0.2, 0.25) is 11.8 Å². The molecule has 124 valence electrons. The molecule has 0 fully saturated rings. The average Bonchev–Trinajstić information content (AvgIpc) is 2.60. The van der Waals surface area contributed by atoms with Gasteiger partial charge in [-0.1, -0.05) is 6.07 Å². The minimum Gasteiger partial charge on any atom is -0.486 e. The van der Waals surface area contributed by atoms with E-state index in [0.717, 1.165) is 17.1 Å². The third kappa shape index (κ3) is 3.84. The lowest BCUT2D eigenvalue weighted by Crippen LogP contribution is -2.16. The van der Waals surface area contributed by atoms with E-state index in [1.165, 1.54) is 0 Å². The molecule has 0 unspecified atom stereocenters. The van der Waals surface area contributed by atoms with Crippen LogP contribution in [0.25, 0.3) is 0 Å². The molecule has 2 aromatic rings. The monoisotopic (exact) mass is 326 g/mol. The Hall–Kier alpha value is -3.02. The molecule has 0 bridgehead atoms. The van der Waals surface area contributed by atoms with Gasteiger partial charge in [0.05, 0.1) is 0 Å². The molecule has 0 aromatic heterocycles. The summed E-state index contributed by atoms with van der Waals surface area (Å²) in [4.78, 5) is 23.0. The number of rotatable bonds is 5. The Bertz CT molecular complexity index is 756. The predicted molar refractivity (Wildman–Crippen MR) is 89.3 cm³/mol. The van der Waals surface area contributed by atoms with E-state index in [-0.39, 0.29) is 5.91 Å². The Morgan fingerprint density at radius 3 is 2.42 bits per heavy atom. The lowest BCUT2D eigenvalue weighted by molar-refractivity contribution is -0.116. The molecule has 6 heteroatoms. The van der Waals surface area contributed by atoms with Gasteiger partial charge in [0.25, 0.3) is 0 Å². The molecule has 1 aliphatic rings. The average molecular weight is 326 g/mol. The Morgan fingerprint density at radius 2 is 1.71 bits per heavy atom. The number of hydrogen-bond acceptors (Lipinski definition) is 4. The summed E-state index contributed by atoms with van der Waals surface area (Å²) in [6.07, 6.45) is 0.944. The summed E-state index contributed by atoms with van der Waals surface area (Å²) in [5.41, 5.74) is 7.23. The molecule has 24 heavy (non-hydrogen) atoms. The Kier molecular flexibility index (Phi) is 4.65. The number of carbonyl (C=O) groups is 2. The summed E-state index contributed by atoms with van der Waals surface area (Å²) in [5, 5.41) is 2.79. The highest BCUT2D eigenvalue weighted by molar-refractivity contribution is 5.94. The van der Waals surface area contributed by atoms with Crippen molar-refractivity contribution in [1.82, 2.24) is 0 Å². The number of nitrogens with one attached hydrogen (secondary N) is 1. The maximum Gasteiger partial charge on any atom is 0.248 e. The number of anilines is 1. The minimum atomic E-state index is -0.494. The third-order valence-electron chi connectivity index (χ3n) is 3.70. The van der Waals surface area contributed by atoms with Crippen molar-refractivity contribution < 1.29 is 19.1 Å². The van der Waals surface area contributed by atoms with Gasteiger partial charge in [0.1, 0.15) is 13.2 Å². The van der Waals surface area contributed by atoms with Gasteiger partial charge in [-0.25, -0.2) is 0 Å². The van der Waals surface area contributed by atoms with E-state index in [0.29, 0.717) is 37.3 Å². The molecule has 3 rings (SSSR count). The first-order chi connectivity index (χ1) is 11.6. The Balaban J connectivity index is 1.54.